The Labute approximate surface area is 226 Å². The van der Waals surface area contributed by atoms with Crippen LogP contribution in [0.3, 0.4) is 0 Å². The minimum atomic E-state index is -2.03. The van der Waals surface area contributed by atoms with Gasteiger partial charge in [-0.25, -0.2) is 14.8 Å². The van der Waals surface area contributed by atoms with Crippen LogP contribution >= 0.6 is 23.2 Å². The monoisotopic (exact) mass is 555 g/mol. The Hall–Kier alpha value is -1.87. The van der Waals surface area contributed by atoms with E-state index >= 15 is 0 Å². The van der Waals surface area contributed by atoms with Gasteiger partial charge in [0.25, 0.3) is 0 Å². The minimum absolute atomic E-state index is 0.0537. The Morgan fingerprint density at radius 2 is 1.75 bits per heavy atom. The van der Waals surface area contributed by atoms with Crippen LogP contribution in [0.5, 0.6) is 5.88 Å². The lowest BCUT2D eigenvalue weighted by molar-refractivity contribution is 0.0150. The van der Waals surface area contributed by atoms with Gasteiger partial charge in [0.15, 0.2) is 8.32 Å². The normalized spacial score (nSPS) is 13.3. The molecular formula is C26H39Cl2N3O4Si. The molecule has 0 saturated heterocycles. The number of methoxy groups -OCH3 is 1. The first-order valence-electron chi connectivity index (χ1n) is 11.9. The first kappa shape index (κ1) is 30.4. The van der Waals surface area contributed by atoms with Gasteiger partial charge in [-0.1, -0.05) is 44.0 Å². The third-order valence-corrected chi connectivity index (χ3v) is 11.4. The maximum absolute atomic E-state index is 13.2. The Bertz CT molecular complexity index is 1070. The highest BCUT2D eigenvalue weighted by atomic mass is 35.5. The minimum Gasteiger partial charge on any atom is -0.481 e. The fraction of sp³-hybridized carbons (Fsp3) is 0.577. The van der Waals surface area contributed by atoms with Gasteiger partial charge >= 0.3 is 6.09 Å². The summed E-state index contributed by atoms with van der Waals surface area (Å²) in [5.41, 5.74) is 1.32. The van der Waals surface area contributed by atoms with Crippen molar-refractivity contribution in [3.8, 4) is 17.1 Å². The van der Waals surface area contributed by atoms with Crippen molar-refractivity contribution < 1.29 is 18.7 Å². The fourth-order valence-corrected chi connectivity index (χ4v) is 5.10. The summed E-state index contributed by atoms with van der Waals surface area (Å²) in [6.45, 7) is 19.1. The van der Waals surface area contributed by atoms with Crippen LogP contribution in [0.4, 0.5) is 4.79 Å². The third-order valence-electron chi connectivity index (χ3n) is 6.05. The third kappa shape index (κ3) is 8.06. The molecule has 0 saturated carbocycles. The maximum atomic E-state index is 13.2. The molecule has 200 valence electrons. The Morgan fingerprint density at radius 1 is 1.11 bits per heavy atom. The lowest BCUT2D eigenvalue weighted by Crippen LogP contribution is -2.47. The molecule has 36 heavy (non-hydrogen) atoms. The fourth-order valence-electron chi connectivity index (χ4n) is 3.30. The number of pyridine rings is 2. The zero-order valence-corrected chi connectivity index (χ0v) is 25.5. The first-order chi connectivity index (χ1) is 16.4. The van der Waals surface area contributed by atoms with Crippen LogP contribution in [-0.2, 0) is 15.7 Å². The van der Waals surface area contributed by atoms with Gasteiger partial charge in [-0.2, -0.15) is 0 Å². The van der Waals surface area contributed by atoms with Crippen LogP contribution in [-0.4, -0.2) is 54.6 Å². The van der Waals surface area contributed by atoms with Gasteiger partial charge in [0.2, 0.25) is 5.88 Å². The molecule has 0 N–H and O–H groups in total. The second-order valence-corrected chi connectivity index (χ2v) is 16.9. The molecule has 1 amide bonds. The summed E-state index contributed by atoms with van der Waals surface area (Å²) in [5.74, 6) is 0.378. The second-order valence-electron chi connectivity index (χ2n) is 11.4. The van der Waals surface area contributed by atoms with E-state index in [2.05, 4.69) is 43.8 Å². The zero-order valence-electron chi connectivity index (χ0n) is 23.0. The quantitative estimate of drug-likeness (QED) is 0.246. The molecule has 10 heteroatoms. The second kappa shape index (κ2) is 11.7. The van der Waals surface area contributed by atoms with E-state index in [1.54, 1.807) is 17.2 Å². The van der Waals surface area contributed by atoms with E-state index in [-0.39, 0.29) is 22.8 Å². The van der Waals surface area contributed by atoms with Crippen molar-refractivity contribution in [1.29, 1.82) is 0 Å². The topological polar surface area (TPSA) is 73.8 Å². The van der Waals surface area contributed by atoms with Gasteiger partial charge in [0.1, 0.15) is 10.8 Å². The average molecular weight is 557 g/mol. The molecule has 2 aromatic rings. The smallest absolute Gasteiger partial charge is 0.410 e. The van der Waals surface area contributed by atoms with Crippen molar-refractivity contribution in [2.45, 2.75) is 84.8 Å². The molecule has 0 aliphatic carbocycles. The van der Waals surface area contributed by atoms with Gasteiger partial charge in [0.05, 0.1) is 30.5 Å². The van der Waals surface area contributed by atoms with Crippen molar-refractivity contribution in [2.24, 2.45) is 0 Å². The van der Waals surface area contributed by atoms with Crippen LogP contribution < -0.4 is 4.74 Å². The summed E-state index contributed by atoms with van der Waals surface area (Å²) in [7, 11) is -0.486. The highest BCUT2D eigenvalue weighted by molar-refractivity contribution is 6.74. The molecule has 0 radical (unpaired) electrons. The van der Waals surface area contributed by atoms with E-state index in [0.29, 0.717) is 28.7 Å². The summed E-state index contributed by atoms with van der Waals surface area (Å²) in [6, 6.07) is 5.42. The molecule has 0 aliphatic rings. The Kier molecular flexibility index (Phi) is 9.84. The van der Waals surface area contributed by atoms with E-state index in [1.165, 1.54) is 7.11 Å². The predicted molar refractivity (Wildman–Crippen MR) is 148 cm³/mol. The van der Waals surface area contributed by atoms with Crippen molar-refractivity contribution >= 4 is 37.6 Å². The molecule has 2 aromatic heterocycles. The predicted octanol–water partition coefficient (Wildman–Crippen LogP) is 7.61. The van der Waals surface area contributed by atoms with Crippen molar-refractivity contribution in [3.05, 3.63) is 40.1 Å². The van der Waals surface area contributed by atoms with Crippen molar-refractivity contribution in [3.63, 3.8) is 0 Å². The highest BCUT2D eigenvalue weighted by Crippen LogP contribution is 2.37. The van der Waals surface area contributed by atoms with Gasteiger partial charge < -0.3 is 18.8 Å². The molecule has 0 unspecified atom stereocenters. The number of carbonyl (C=O) groups is 1. The number of aromatic nitrogens is 2. The molecule has 2 heterocycles. The SMILES string of the molecule is COc1nc(-c2ccnc(Cl)c2Cl)ccc1CN(C[C@H](C)O[Si](C)(C)C(C)(C)C)C(=O)OC(C)(C)C. The number of hydrogen-bond acceptors (Lipinski definition) is 6. The Balaban J connectivity index is 2.36. The molecule has 0 aromatic carbocycles. The van der Waals surface area contributed by atoms with Gasteiger partial charge in [-0.3, -0.25) is 0 Å². The average Bonchev–Trinajstić information content (AvgIpc) is 2.73. The number of halogens is 2. The van der Waals surface area contributed by atoms with Crippen LogP contribution in [0.15, 0.2) is 24.4 Å². The van der Waals surface area contributed by atoms with E-state index in [1.807, 2.05) is 39.8 Å². The van der Waals surface area contributed by atoms with Crippen LogP contribution in [0.25, 0.3) is 11.3 Å². The van der Waals surface area contributed by atoms with Crippen molar-refractivity contribution in [2.75, 3.05) is 13.7 Å². The van der Waals surface area contributed by atoms with E-state index in [4.69, 9.17) is 37.1 Å². The van der Waals surface area contributed by atoms with Crippen LogP contribution in [0.2, 0.25) is 28.3 Å². The van der Waals surface area contributed by atoms with Gasteiger partial charge in [0, 0.05) is 23.9 Å². The van der Waals surface area contributed by atoms with E-state index in [9.17, 15) is 4.79 Å². The molecule has 1 atom stereocenters. The summed E-state index contributed by atoms with van der Waals surface area (Å²) in [5, 5.41) is 0.567. The molecule has 7 nitrogen and oxygen atoms in total. The number of amides is 1. The summed E-state index contributed by atoms with van der Waals surface area (Å²) in [4.78, 5) is 23.4. The molecule has 0 fully saturated rings. The standard InChI is InChI=1S/C26H39Cl2N3O4Si/c1-17(35-36(9,10)26(5,6)7)15-31(24(32)34-25(2,3)4)16-18-11-12-20(30-23(18)33-8)19-13-14-29-22(28)21(19)27/h11-14,17H,15-16H2,1-10H3/t17-/m0/s1. The lowest BCUT2D eigenvalue weighted by Gasteiger charge is -2.39. The lowest BCUT2D eigenvalue weighted by atomic mass is 10.1. The van der Waals surface area contributed by atoms with E-state index < -0.39 is 20.0 Å². The van der Waals surface area contributed by atoms with Gasteiger partial charge in [-0.05, 0) is 64.0 Å². The molecule has 0 aliphatic heterocycles. The van der Waals surface area contributed by atoms with E-state index in [0.717, 1.165) is 5.56 Å². The van der Waals surface area contributed by atoms with Gasteiger partial charge in [-0.15, -0.1) is 0 Å². The number of hydrogen-bond donors (Lipinski definition) is 0. The molecule has 0 spiro atoms. The zero-order chi connectivity index (χ0) is 27.5. The summed E-state index contributed by atoms with van der Waals surface area (Å²) >= 11 is 12.4. The van der Waals surface area contributed by atoms with Crippen molar-refractivity contribution in [1.82, 2.24) is 14.9 Å². The molecule has 2 rings (SSSR count). The number of carbonyl (C=O) groups excluding carboxylic acids is 1. The number of rotatable bonds is 8. The van der Waals surface area contributed by atoms with Crippen LogP contribution in [0, 0.1) is 0 Å². The molecule has 0 bridgehead atoms. The largest absolute Gasteiger partial charge is 0.481 e. The summed E-state index contributed by atoms with van der Waals surface area (Å²) < 4.78 is 17.8. The maximum Gasteiger partial charge on any atom is 0.410 e. The summed E-state index contributed by atoms with van der Waals surface area (Å²) in [6.07, 6.45) is 0.956. The Morgan fingerprint density at radius 3 is 2.31 bits per heavy atom. The highest BCUT2D eigenvalue weighted by Gasteiger charge is 2.39. The molecular weight excluding hydrogens is 517 g/mol. The number of nitrogens with zero attached hydrogens (tertiary/aromatic N) is 3. The first-order valence-corrected chi connectivity index (χ1v) is 15.6. The number of ether oxygens (including phenoxy) is 2. The van der Waals surface area contributed by atoms with Crippen LogP contribution in [0.1, 0.15) is 54.0 Å².